The summed E-state index contributed by atoms with van der Waals surface area (Å²) < 4.78 is 19.4. The molecule has 28 heavy (non-hydrogen) atoms. The van der Waals surface area contributed by atoms with E-state index in [9.17, 15) is 9.18 Å². The van der Waals surface area contributed by atoms with Crippen LogP contribution in [0.4, 0.5) is 4.39 Å². The molecule has 1 fully saturated rings. The predicted molar refractivity (Wildman–Crippen MR) is 109 cm³/mol. The minimum Gasteiger partial charge on any atom is -0.496 e. The highest BCUT2D eigenvalue weighted by atomic mass is 35.5. The van der Waals surface area contributed by atoms with Gasteiger partial charge in [0.2, 0.25) is 5.91 Å². The van der Waals surface area contributed by atoms with Crippen molar-refractivity contribution in [3.05, 3.63) is 64.4 Å². The minimum absolute atomic E-state index is 0.0246. The summed E-state index contributed by atoms with van der Waals surface area (Å²) in [4.78, 5) is 14.9. The maximum atomic E-state index is 14.0. The molecule has 1 unspecified atom stereocenters. The summed E-state index contributed by atoms with van der Waals surface area (Å²) in [5, 5.41) is 3.51. The molecule has 1 saturated heterocycles. The van der Waals surface area contributed by atoms with E-state index < -0.39 is 0 Å². The number of hydrogen-bond acceptors (Lipinski definition) is 3. The number of carbonyl (C=O) groups is 1. The van der Waals surface area contributed by atoms with Gasteiger partial charge in [0.15, 0.2) is 0 Å². The first-order valence-electron chi connectivity index (χ1n) is 9.57. The third kappa shape index (κ3) is 5.03. The Hall–Kier alpha value is -2.11. The molecule has 0 spiro atoms. The topological polar surface area (TPSA) is 41.6 Å². The summed E-state index contributed by atoms with van der Waals surface area (Å²) in [7, 11) is 1.63. The van der Waals surface area contributed by atoms with Crippen molar-refractivity contribution in [1.29, 1.82) is 0 Å². The lowest BCUT2D eigenvalue weighted by Crippen LogP contribution is -2.41. The number of likely N-dealkylation sites (tertiary alicyclic amines) is 1. The average Bonchev–Trinajstić information content (AvgIpc) is 2.70. The first-order chi connectivity index (χ1) is 13.5. The number of methoxy groups -OCH3 is 1. The van der Waals surface area contributed by atoms with Gasteiger partial charge in [0.05, 0.1) is 13.2 Å². The van der Waals surface area contributed by atoms with Gasteiger partial charge in [-0.3, -0.25) is 9.69 Å². The zero-order valence-corrected chi connectivity index (χ0v) is 17.0. The number of nitrogens with zero attached hydrogens (tertiary/aromatic N) is 1. The molecule has 1 aliphatic rings. The van der Waals surface area contributed by atoms with Crippen molar-refractivity contribution in [1.82, 2.24) is 10.2 Å². The van der Waals surface area contributed by atoms with E-state index in [-0.39, 0.29) is 23.7 Å². The van der Waals surface area contributed by atoms with Crippen LogP contribution in [-0.4, -0.2) is 31.0 Å². The SMILES string of the molecule is COc1ccccc1C(C)NC(=O)C1CCN(Cc2ccc(Cl)cc2F)CC1. The number of hydrogen-bond donors (Lipinski definition) is 1. The summed E-state index contributed by atoms with van der Waals surface area (Å²) in [5.74, 6) is 0.535. The summed E-state index contributed by atoms with van der Waals surface area (Å²) in [6, 6.07) is 12.4. The molecule has 1 amide bonds. The standard InChI is InChI=1S/C22H26ClFN2O2/c1-15(19-5-3-4-6-21(19)28-2)25-22(27)16-9-11-26(12-10-16)14-17-7-8-18(23)13-20(17)24/h3-8,13,15-16H,9-12,14H2,1-2H3,(H,25,27). The normalized spacial score (nSPS) is 16.6. The van der Waals surface area contributed by atoms with E-state index >= 15 is 0 Å². The Morgan fingerprint density at radius 2 is 2.00 bits per heavy atom. The molecular weight excluding hydrogens is 379 g/mol. The van der Waals surface area contributed by atoms with Gasteiger partial charge in [-0.2, -0.15) is 0 Å². The number of benzene rings is 2. The van der Waals surface area contributed by atoms with Crippen LogP contribution >= 0.6 is 11.6 Å². The van der Waals surface area contributed by atoms with E-state index in [4.69, 9.17) is 16.3 Å². The van der Waals surface area contributed by atoms with E-state index in [0.717, 1.165) is 37.2 Å². The number of nitrogens with one attached hydrogen (secondary N) is 1. The number of ether oxygens (including phenoxy) is 1. The second kappa shape index (κ2) is 9.39. The Kier molecular flexibility index (Phi) is 6.92. The molecule has 0 saturated carbocycles. The van der Waals surface area contributed by atoms with Crippen molar-refractivity contribution >= 4 is 17.5 Å². The molecule has 0 bridgehead atoms. The maximum Gasteiger partial charge on any atom is 0.223 e. The first-order valence-corrected chi connectivity index (χ1v) is 9.95. The number of halogens is 2. The van der Waals surface area contributed by atoms with Gasteiger partial charge < -0.3 is 10.1 Å². The van der Waals surface area contributed by atoms with E-state index in [0.29, 0.717) is 17.1 Å². The zero-order chi connectivity index (χ0) is 20.1. The maximum absolute atomic E-state index is 14.0. The zero-order valence-electron chi connectivity index (χ0n) is 16.3. The van der Waals surface area contributed by atoms with Gasteiger partial charge in [0.1, 0.15) is 11.6 Å². The average molecular weight is 405 g/mol. The fraction of sp³-hybridized carbons (Fsp3) is 0.409. The number of rotatable bonds is 6. The molecule has 6 heteroatoms. The van der Waals surface area contributed by atoms with Crippen LogP contribution in [0.15, 0.2) is 42.5 Å². The van der Waals surface area contributed by atoms with Crippen molar-refractivity contribution in [2.75, 3.05) is 20.2 Å². The monoisotopic (exact) mass is 404 g/mol. The molecule has 2 aromatic rings. The van der Waals surface area contributed by atoms with E-state index in [2.05, 4.69) is 10.2 Å². The van der Waals surface area contributed by atoms with Crippen molar-refractivity contribution in [2.24, 2.45) is 5.92 Å². The molecule has 0 aromatic heterocycles. The molecular formula is C22H26ClFN2O2. The molecule has 0 aliphatic carbocycles. The van der Waals surface area contributed by atoms with Gasteiger partial charge in [-0.25, -0.2) is 4.39 Å². The number of para-hydroxylation sites is 1. The van der Waals surface area contributed by atoms with Crippen molar-refractivity contribution < 1.29 is 13.9 Å². The van der Waals surface area contributed by atoms with Gasteiger partial charge in [0, 0.05) is 28.6 Å². The van der Waals surface area contributed by atoms with Crippen molar-refractivity contribution in [2.45, 2.75) is 32.4 Å². The van der Waals surface area contributed by atoms with Crippen LogP contribution in [0.3, 0.4) is 0 Å². The van der Waals surface area contributed by atoms with Gasteiger partial charge in [0.25, 0.3) is 0 Å². The second-order valence-corrected chi connectivity index (χ2v) is 7.69. The van der Waals surface area contributed by atoms with E-state index in [1.165, 1.54) is 6.07 Å². The molecule has 1 atom stereocenters. The van der Waals surface area contributed by atoms with Gasteiger partial charge >= 0.3 is 0 Å². The lowest BCUT2D eigenvalue weighted by molar-refractivity contribution is -0.127. The molecule has 1 aliphatic heterocycles. The van der Waals surface area contributed by atoms with Crippen LogP contribution in [0.25, 0.3) is 0 Å². The quantitative estimate of drug-likeness (QED) is 0.766. The van der Waals surface area contributed by atoms with Crippen molar-refractivity contribution in [3.8, 4) is 5.75 Å². The fourth-order valence-corrected chi connectivity index (χ4v) is 3.84. The smallest absolute Gasteiger partial charge is 0.223 e. The van der Waals surface area contributed by atoms with Gasteiger partial charge in [-0.1, -0.05) is 35.9 Å². The highest BCUT2D eigenvalue weighted by molar-refractivity contribution is 6.30. The van der Waals surface area contributed by atoms with Crippen molar-refractivity contribution in [3.63, 3.8) is 0 Å². The van der Waals surface area contributed by atoms with E-state index in [1.54, 1.807) is 19.2 Å². The Balaban J connectivity index is 1.52. The molecule has 0 radical (unpaired) electrons. The highest BCUT2D eigenvalue weighted by Crippen LogP contribution is 2.26. The Labute approximate surface area is 170 Å². The lowest BCUT2D eigenvalue weighted by Gasteiger charge is -2.32. The van der Waals surface area contributed by atoms with Crippen LogP contribution in [0.2, 0.25) is 5.02 Å². The number of carbonyl (C=O) groups excluding carboxylic acids is 1. The summed E-state index contributed by atoms with van der Waals surface area (Å²) in [5.41, 5.74) is 1.60. The van der Waals surface area contributed by atoms with Gasteiger partial charge in [-0.15, -0.1) is 0 Å². The van der Waals surface area contributed by atoms with Crippen LogP contribution < -0.4 is 10.1 Å². The molecule has 3 rings (SSSR count). The minimum atomic E-state index is -0.280. The molecule has 150 valence electrons. The molecule has 1 N–H and O–H groups in total. The summed E-state index contributed by atoms with van der Waals surface area (Å²) >= 11 is 5.81. The Morgan fingerprint density at radius 1 is 1.29 bits per heavy atom. The van der Waals surface area contributed by atoms with Crippen LogP contribution in [0.5, 0.6) is 5.75 Å². The Morgan fingerprint density at radius 3 is 2.68 bits per heavy atom. The third-order valence-corrected chi connectivity index (χ3v) is 5.57. The Bertz CT molecular complexity index is 822. The number of piperidine rings is 1. The predicted octanol–water partition coefficient (Wildman–Crippen LogP) is 4.58. The van der Waals surface area contributed by atoms with Crippen LogP contribution in [0, 0.1) is 11.7 Å². The molecule has 2 aromatic carbocycles. The number of amides is 1. The van der Waals surface area contributed by atoms with Gasteiger partial charge in [-0.05, 0) is 51.1 Å². The molecule has 1 heterocycles. The first kappa shape index (κ1) is 20.6. The molecule has 4 nitrogen and oxygen atoms in total. The lowest BCUT2D eigenvalue weighted by atomic mass is 9.94. The van der Waals surface area contributed by atoms with Crippen LogP contribution in [-0.2, 0) is 11.3 Å². The van der Waals surface area contributed by atoms with E-state index in [1.807, 2.05) is 31.2 Å². The summed E-state index contributed by atoms with van der Waals surface area (Å²) in [6.45, 7) is 4.04. The highest BCUT2D eigenvalue weighted by Gasteiger charge is 2.26. The third-order valence-electron chi connectivity index (χ3n) is 5.33. The second-order valence-electron chi connectivity index (χ2n) is 7.26. The summed E-state index contributed by atoms with van der Waals surface area (Å²) in [6.07, 6.45) is 1.53. The fourth-order valence-electron chi connectivity index (χ4n) is 3.68. The van der Waals surface area contributed by atoms with Crippen LogP contribution in [0.1, 0.15) is 36.9 Å². The largest absolute Gasteiger partial charge is 0.496 e.